The van der Waals surface area contributed by atoms with Crippen LogP contribution in [0, 0.1) is 0 Å². The first-order valence-corrected chi connectivity index (χ1v) is 8.35. The Morgan fingerprint density at radius 1 is 1.12 bits per heavy atom. The lowest BCUT2D eigenvalue weighted by atomic mass is 10.0. The van der Waals surface area contributed by atoms with Gasteiger partial charge in [-0.25, -0.2) is 4.79 Å². The molecule has 0 aliphatic rings. The van der Waals surface area contributed by atoms with Gasteiger partial charge in [0.1, 0.15) is 6.10 Å². The Labute approximate surface area is 155 Å². The second-order valence-corrected chi connectivity index (χ2v) is 6.00. The number of ether oxygens (including phenoxy) is 1. The number of halogens is 2. The smallest absolute Gasteiger partial charge is 0.331 e. The van der Waals surface area contributed by atoms with Crippen LogP contribution in [-0.4, -0.2) is 29.6 Å². The van der Waals surface area contributed by atoms with Crippen molar-refractivity contribution >= 4 is 35.1 Å². The Bertz CT molecular complexity index is 752. The lowest BCUT2D eigenvalue weighted by Gasteiger charge is -2.23. The van der Waals surface area contributed by atoms with Crippen LogP contribution in [-0.2, 0) is 9.53 Å². The van der Waals surface area contributed by atoms with E-state index in [-0.39, 0.29) is 17.2 Å². The zero-order valence-corrected chi connectivity index (χ0v) is 14.9. The number of rotatable bonds is 6. The average molecular weight is 382 g/mol. The van der Waals surface area contributed by atoms with Crippen LogP contribution in [0.25, 0.3) is 0 Å². The second kappa shape index (κ2) is 8.85. The number of esters is 1. The minimum Gasteiger partial charge on any atom is -0.464 e. The van der Waals surface area contributed by atoms with Gasteiger partial charge in [-0.15, -0.1) is 0 Å². The standard InChI is InChI=1S/C18H17Cl2NO4/c1-2-25-18(24)15(16(22)11-6-4-3-5-7-11)21-17(23)12-8-9-13(19)14(20)10-12/h3-10,15-16,22H,2H2,1H3,(H,21,23). The molecule has 0 aromatic heterocycles. The summed E-state index contributed by atoms with van der Waals surface area (Å²) in [4.78, 5) is 24.6. The topological polar surface area (TPSA) is 75.6 Å². The second-order valence-electron chi connectivity index (χ2n) is 5.19. The summed E-state index contributed by atoms with van der Waals surface area (Å²) in [7, 11) is 0. The van der Waals surface area contributed by atoms with Gasteiger partial charge in [-0.2, -0.15) is 0 Å². The lowest BCUT2D eigenvalue weighted by molar-refractivity contribution is -0.148. The highest BCUT2D eigenvalue weighted by Crippen LogP contribution is 2.23. The number of benzene rings is 2. The highest BCUT2D eigenvalue weighted by molar-refractivity contribution is 6.42. The molecular formula is C18H17Cl2NO4. The van der Waals surface area contributed by atoms with E-state index in [1.165, 1.54) is 18.2 Å². The third-order valence-corrected chi connectivity index (χ3v) is 4.20. The largest absolute Gasteiger partial charge is 0.464 e. The molecule has 0 radical (unpaired) electrons. The fraction of sp³-hybridized carbons (Fsp3) is 0.222. The van der Waals surface area contributed by atoms with E-state index in [0.717, 1.165) is 0 Å². The Kier molecular flexibility index (Phi) is 6.82. The maximum absolute atomic E-state index is 12.4. The number of aliphatic hydroxyl groups excluding tert-OH is 1. The van der Waals surface area contributed by atoms with Crippen molar-refractivity contribution in [3.05, 3.63) is 69.7 Å². The molecule has 2 unspecified atom stereocenters. The molecule has 25 heavy (non-hydrogen) atoms. The van der Waals surface area contributed by atoms with Crippen LogP contribution in [0.15, 0.2) is 48.5 Å². The van der Waals surface area contributed by atoms with Crippen LogP contribution in [0.4, 0.5) is 0 Å². The van der Waals surface area contributed by atoms with Crippen molar-refractivity contribution in [1.29, 1.82) is 0 Å². The molecule has 2 aromatic rings. The quantitative estimate of drug-likeness (QED) is 0.751. The summed E-state index contributed by atoms with van der Waals surface area (Å²) >= 11 is 11.7. The summed E-state index contributed by atoms with van der Waals surface area (Å²) in [5, 5.41) is 13.5. The van der Waals surface area contributed by atoms with Crippen molar-refractivity contribution in [1.82, 2.24) is 5.32 Å². The monoisotopic (exact) mass is 381 g/mol. The van der Waals surface area contributed by atoms with Crippen LogP contribution in [0.1, 0.15) is 28.9 Å². The van der Waals surface area contributed by atoms with E-state index >= 15 is 0 Å². The molecule has 0 heterocycles. The Balaban J connectivity index is 2.24. The van der Waals surface area contributed by atoms with E-state index in [1.807, 2.05) is 0 Å². The molecular weight excluding hydrogens is 365 g/mol. The van der Waals surface area contributed by atoms with E-state index in [9.17, 15) is 14.7 Å². The third-order valence-electron chi connectivity index (χ3n) is 3.47. The van der Waals surface area contributed by atoms with Gasteiger partial charge < -0.3 is 15.2 Å². The van der Waals surface area contributed by atoms with Gasteiger partial charge in [0.05, 0.1) is 16.7 Å². The first-order chi connectivity index (χ1) is 11.9. The van der Waals surface area contributed by atoms with Crippen molar-refractivity contribution in [2.75, 3.05) is 6.61 Å². The van der Waals surface area contributed by atoms with Crippen LogP contribution in [0.3, 0.4) is 0 Å². The van der Waals surface area contributed by atoms with Crippen molar-refractivity contribution in [3.63, 3.8) is 0 Å². The summed E-state index contributed by atoms with van der Waals surface area (Å²) in [6, 6.07) is 11.6. The molecule has 2 rings (SSSR count). The molecule has 1 amide bonds. The number of amides is 1. The molecule has 2 atom stereocenters. The first kappa shape index (κ1) is 19.2. The summed E-state index contributed by atoms with van der Waals surface area (Å²) in [6.45, 7) is 1.77. The summed E-state index contributed by atoms with van der Waals surface area (Å²) in [5.74, 6) is -1.31. The van der Waals surface area contributed by atoms with E-state index in [0.29, 0.717) is 10.6 Å². The summed E-state index contributed by atoms with van der Waals surface area (Å²) < 4.78 is 4.97. The van der Waals surface area contributed by atoms with Gasteiger partial charge in [-0.1, -0.05) is 53.5 Å². The molecule has 2 aromatic carbocycles. The van der Waals surface area contributed by atoms with E-state index in [2.05, 4.69) is 5.32 Å². The van der Waals surface area contributed by atoms with Gasteiger partial charge in [0.2, 0.25) is 0 Å². The van der Waals surface area contributed by atoms with Crippen molar-refractivity contribution in [2.45, 2.75) is 19.1 Å². The van der Waals surface area contributed by atoms with Crippen LogP contribution >= 0.6 is 23.2 Å². The minimum absolute atomic E-state index is 0.124. The van der Waals surface area contributed by atoms with Gasteiger partial charge in [0.25, 0.3) is 5.91 Å². The minimum atomic E-state index is -1.26. The molecule has 0 bridgehead atoms. The highest BCUT2D eigenvalue weighted by Gasteiger charge is 2.31. The molecule has 0 spiro atoms. The third kappa shape index (κ3) is 4.95. The number of carbonyl (C=O) groups excluding carboxylic acids is 2. The van der Waals surface area contributed by atoms with Gasteiger partial charge in [-0.05, 0) is 30.7 Å². The predicted molar refractivity (Wildman–Crippen MR) is 95.8 cm³/mol. The number of hydrogen-bond donors (Lipinski definition) is 2. The van der Waals surface area contributed by atoms with E-state index < -0.39 is 24.0 Å². The molecule has 0 aliphatic heterocycles. The Hall–Kier alpha value is -2.08. The molecule has 0 fully saturated rings. The normalized spacial score (nSPS) is 13.0. The van der Waals surface area contributed by atoms with Gasteiger partial charge in [0.15, 0.2) is 6.04 Å². The SMILES string of the molecule is CCOC(=O)C(NC(=O)c1ccc(Cl)c(Cl)c1)C(O)c1ccccc1. The van der Waals surface area contributed by atoms with Crippen molar-refractivity contribution in [3.8, 4) is 0 Å². The fourth-order valence-electron chi connectivity index (χ4n) is 2.20. The van der Waals surface area contributed by atoms with Crippen LogP contribution < -0.4 is 5.32 Å². The van der Waals surface area contributed by atoms with E-state index in [1.54, 1.807) is 37.3 Å². The van der Waals surface area contributed by atoms with Gasteiger partial charge in [-0.3, -0.25) is 4.79 Å². The number of hydrogen-bond acceptors (Lipinski definition) is 4. The maximum Gasteiger partial charge on any atom is 0.331 e. The van der Waals surface area contributed by atoms with Crippen LogP contribution in [0.5, 0.6) is 0 Å². The van der Waals surface area contributed by atoms with E-state index in [4.69, 9.17) is 27.9 Å². The van der Waals surface area contributed by atoms with Crippen LogP contribution in [0.2, 0.25) is 10.0 Å². The molecule has 2 N–H and O–H groups in total. The summed E-state index contributed by atoms with van der Waals surface area (Å²) in [5.41, 5.74) is 0.693. The zero-order valence-electron chi connectivity index (χ0n) is 13.4. The predicted octanol–water partition coefficient (Wildman–Crippen LogP) is 3.39. The first-order valence-electron chi connectivity index (χ1n) is 7.59. The molecule has 5 nitrogen and oxygen atoms in total. The molecule has 7 heteroatoms. The zero-order chi connectivity index (χ0) is 18.4. The Morgan fingerprint density at radius 2 is 1.80 bits per heavy atom. The van der Waals surface area contributed by atoms with Gasteiger partial charge in [0, 0.05) is 5.56 Å². The van der Waals surface area contributed by atoms with Crippen molar-refractivity contribution < 1.29 is 19.4 Å². The molecule has 0 aliphatic carbocycles. The fourth-order valence-corrected chi connectivity index (χ4v) is 2.50. The maximum atomic E-state index is 12.4. The molecule has 132 valence electrons. The average Bonchev–Trinajstić information content (AvgIpc) is 2.62. The number of carbonyl (C=O) groups is 2. The van der Waals surface area contributed by atoms with Crippen molar-refractivity contribution in [2.24, 2.45) is 0 Å². The van der Waals surface area contributed by atoms with Gasteiger partial charge >= 0.3 is 5.97 Å². The molecule has 0 saturated heterocycles. The Morgan fingerprint density at radius 3 is 2.40 bits per heavy atom. The lowest BCUT2D eigenvalue weighted by Crippen LogP contribution is -2.46. The summed E-state index contributed by atoms with van der Waals surface area (Å²) in [6.07, 6.45) is -1.26. The highest BCUT2D eigenvalue weighted by atomic mass is 35.5. The number of nitrogens with one attached hydrogen (secondary N) is 1. The molecule has 0 saturated carbocycles. The number of aliphatic hydroxyl groups is 1.